The first-order valence-electron chi connectivity index (χ1n) is 49.2. The minimum Gasteiger partial charge on any atom is -0.508 e. The number of carbonyl (C=O) groups excluding carboxylic acids is 10. The third kappa shape index (κ3) is 39.3. The molecule has 42 heteroatoms. The number of hydrogen-bond donors (Lipinski definition) is 8. The summed E-state index contributed by atoms with van der Waals surface area (Å²) in [6.45, 7) is 22.5. The number of allylic oxidation sites excluding steroid dienone is 12. The maximum Gasteiger partial charge on any atom is 0.410 e. The fourth-order valence-electron chi connectivity index (χ4n) is 16.0. The second-order valence-corrected chi connectivity index (χ2v) is 38.4. The Morgan fingerprint density at radius 3 is 0.851 bits per heavy atom. The number of fused-ring (bicyclic) bond motifs is 4. The standard InChI is InChI=1S/2C28H36ClN3O8.2C25H32N2O7/c2*1-28(2,3)40-27(37)32-13-11-31(12-14-32)23(35)18-39-30-19-10-8-6-4-5-7-9-15-38-26(36)24-20(16-19)25(29)22(34)17-21(24)33;2*1-17-14-27(15-18(2)34-17)23(30)16-33-26-20-9-7-5-3-4-6-8-10-32-25(31)24-19(11-20)12-21(28)13-22(24)29/h2*5,7-8,10,17,33-34H,4,6,9,11-16,18H2,1-3H3;2*4,6-7,9,12-13,17-18,28-29H,3,5,8,10-11,14-16H2,1-2H3/b7-5+,10-8+,30-19+;7-5+,10-8+,30-19-;6-4+,9-7+,26-20+;6-4+,9-7+,26-20-. The van der Waals surface area contributed by atoms with Crippen molar-refractivity contribution in [3.05, 3.63) is 188 Å². The van der Waals surface area contributed by atoms with Crippen molar-refractivity contribution in [1.82, 2.24) is 29.4 Å². The summed E-state index contributed by atoms with van der Waals surface area (Å²) in [5.41, 5.74) is 0.762. The number of cyclic esters (lactones) is 4. The number of phenols is 8. The van der Waals surface area contributed by atoms with Gasteiger partial charge in [-0.1, -0.05) is 117 Å². The van der Waals surface area contributed by atoms with Crippen LogP contribution in [0.25, 0.3) is 0 Å². The fraction of sp³-hybridized carbons (Fsp3) is 0.491. The van der Waals surface area contributed by atoms with Crippen molar-refractivity contribution in [3.8, 4) is 46.0 Å². The van der Waals surface area contributed by atoms with Crippen molar-refractivity contribution < 1.29 is 146 Å². The molecular formula is C106H136Cl2N10O30. The van der Waals surface area contributed by atoms with Gasteiger partial charge in [0.1, 0.15) is 79.5 Å². The van der Waals surface area contributed by atoms with E-state index in [0.29, 0.717) is 151 Å². The Kier molecular flexibility index (Phi) is 46.8. The third-order valence-electron chi connectivity index (χ3n) is 22.9. The van der Waals surface area contributed by atoms with Crippen molar-refractivity contribution in [2.45, 2.75) is 208 Å². The Morgan fingerprint density at radius 2 is 0.568 bits per heavy atom. The Bertz CT molecular complexity index is 5300. The largest absolute Gasteiger partial charge is 0.508 e. The van der Waals surface area contributed by atoms with Gasteiger partial charge in [0, 0.05) is 128 Å². The molecule has 8 heterocycles. The molecular weight excluding hydrogens is 1960 g/mol. The van der Waals surface area contributed by atoms with Gasteiger partial charge in [0.05, 0.1) is 83.7 Å². The number of rotatable bonds is 12. The van der Waals surface area contributed by atoms with E-state index in [9.17, 15) is 88.8 Å². The van der Waals surface area contributed by atoms with E-state index in [1.165, 1.54) is 12.1 Å². The highest BCUT2D eigenvalue weighted by molar-refractivity contribution is 6.34. The Balaban J connectivity index is 0.000000220. The number of piperazine rings is 2. The summed E-state index contributed by atoms with van der Waals surface area (Å²) in [4.78, 5) is 157. The van der Waals surface area contributed by atoms with Gasteiger partial charge < -0.3 is 127 Å². The van der Waals surface area contributed by atoms with E-state index in [2.05, 4.69) is 20.6 Å². The normalized spacial score (nSPS) is 22.2. The van der Waals surface area contributed by atoms with Crippen molar-refractivity contribution >= 4 is 106 Å². The molecule has 4 aromatic rings. The number of benzene rings is 4. The lowest BCUT2D eigenvalue weighted by Gasteiger charge is -2.35. The summed E-state index contributed by atoms with van der Waals surface area (Å²) in [6, 6.07) is 6.91. The maximum atomic E-state index is 12.8. The average molecular weight is 2100 g/mol. The minimum atomic E-state index is -0.787. The van der Waals surface area contributed by atoms with Crippen LogP contribution in [0.4, 0.5) is 9.59 Å². The van der Waals surface area contributed by atoms with Crippen LogP contribution in [-0.4, -0.2) is 320 Å². The first-order chi connectivity index (χ1) is 70.6. The van der Waals surface area contributed by atoms with Crippen LogP contribution in [0.5, 0.6) is 46.0 Å². The quantitative estimate of drug-likeness (QED) is 0.0283. The lowest BCUT2D eigenvalue weighted by molar-refractivity contribution is -0.148. The van der Waals surface area contributed by atoms with Crippen LogP contribution >= 0.6 is 23.2 Å². The number of hydrogen-bond acceptors (Lipinski definition) is 34. The number of phenolic OH excluding ortho intramolecular Hbond substituents is 8. The zero-order chi connectivity index (χ0) is 108. The highest BCUT2D eigenvalue weighted by atomic mass is 35.5. The van der Waals surface area contributed by atoms with Gasteiger partial charge in [0.2, 0.25) is 0 Å². The molecule has 40 nitrogen and oxygen atoms in total. The van der Waals surface area contributed by atoms with Gasteiger partial charge in [-0.05, 0) is 205 Å². The molecule has 4 atom stereocenters. The summed E-state index contributed by atoms with van der Waals surface area (Å²) in [6.07, 6.45) is 37.2. The van der Waals surface area contributed by atoms with E-state index in [1.807, 2.05) is 101 Å². The van der Waals surface area contributed by atoms with E-state index >= 15 is 0 Å². The van der Waals surface area contributed by atoms with Crippen molar-refractivity contribution in [2.24, 2.45) is 20.6 Å². The molecule has 0 saturated carbocycles. The first-order valence-corrected chi connectivity index (χ1v) is 50.0. The van der Waals surface area contributed by atoms with E-state index in [4.69, 9.17) is 80.4 Å². The monoisotopic (exact) mass is 2100 g/mol. The number of oxime groups is 4. The predicted molar refractivity (Wildman–Crippen MR) is 549 cm³/mol. The van der Waals surface area contributed by atoms with Crippen LogP contribution in [0, 0.1) is 0 Å². The number of carbonyl (C=O) groups is 10. The molecule has 4 fully saturated rings. The van der Waals surface area contributed by atoms with Crippen molar-refractivity contribution in [1.29, 1.82) is 0 Å². The molecule has 0 bridgehead atoms. The minimum absolute atomic E-state index is 0.0349. The molecule has 4 saturated heterocycles. The van der Waals surface area contributed by atoms with Gasteiger partial charge in [0.15, 0.2) is 26.4 Å². The van der Waals surface area contributed by atoms with E-state index in [0.717, 1.165) is 62.8 Å². The molecule has 804 valence electrons. The van der Waals surface area contributed by atoms with E-state index < -0.39 is 70.3 Å². The van der Waals surface area contributed by atoms with Crippen LogP contribution in [0.2, 0.25) is 10.0 Å². The summed E-state index contributed by atoms with van der Waals surface area (Å²) in [7, 11) is 0. The molecule has 8 aliphatic heterocycles. The molecule has 0 spiro atoms. The van der Waals surface area contributed by atoms with Crippen molar-refractivity contribution in [2.75, 3.05) is 131 Å². The number of amides is 6. The first kappa shape index (κ1) is 117. The van der Waals surface area contributed by atoms with Gasteiger partial charge in [-0.15, -0.1) is 0 Å². The lowest BCUT2D eigenvalue weighted by Crippen LogP contribution is -2.52. The zero-order valence-electron chi connectivity index (χ0n) is 85.3. The summed E-state index contributed by atoms with van der Waals surface area (Å²) in [5.74, 6) is -6.84. The van der Waals surface area contributed by atoms with E-state index in [-0.39, 0.29) is 193 Å². The smallest absolute Gasteiger partial charge is 0.410 e. The molecule has 0 aliphatic carbocycles. The Hall–Kier alpha value is -14.1. The predicted octanol–water partition coefficient (Wildman–Crippen LogP) is 14.6. The maximum absolute atomic E-state index is 12.8. The highest BCUT2D eigenvalue weighted by Gasteiger charge is 2.35. The molecule has 8 aliphatic rings. The number of esters is 4. The van der Waals surface area contributed by atoms with Crippen LogP contribution in [0.3, 0.4) is 0 Å². The molecule has 0 aromatic heterocycles. The second-order valence-electron chi connectivity index (χ2n) is 37.6. The Labute approximate surface area is 870 Å². The number of morpholine rings is 2. The van der Waals surface area contributed by atoms with Crippen molar-refractivity contribution in [3.63, 3.8) is 0 Å². The van der Waals surface area contributed by atoms with E-state index in [1.54, 1.807) is 95.2 Å². The molecule has 12 rings (SSSR count). The molecule has 148 heavy (non-hydrogen) atoms. The van der Waals surface area contributed by atoms with Gasteiger partial charge >= 0.3 is 36.1 Å². The van der Waals surface area contributed by atoms with Gasteiger partial charge in [-0.3, -0.25) is 19.2 Å². The van der Waals surface area contributed by atoms with Crippen LogP contribution in [0.1, 0.15) is 210 Å². The number of ether oxygens (including phenoxy) is 8. The molecule has 0 radical (unpaired) electrons. The average Bonchev–Trinajstić information content (AvgIpc) is 0.794. The van der Waals surface area contributed by atoms with Crippen LogP contribution < -0.4 is 0 Å². The van der Waals surface area contributed by atoms with Gasteiger partial charge in [0.25, 0.3) is 23.6 Å². The van der Waals surface area contributed by atoms with Crippen LogP contribution in [0.15, 0.2) is 154 Å². The molecule has 4 unspecified atom stereocenters. The summed E-state index contributed by atoms with van der Waals surface area (Å²) >= 11 is 12.6. The van der Waals surface area contributed by atoms with Crippen LogP contribution in [-0.2, 0) is 102 Å². The fourth-order valence-corrected chi connectivity index (χ4v) is 16.4. The summed E-state index contributed by atoms with van der Waals surface area (Å²) < 4.78 is 43.2. The lowest BCUT2D eigenvalue weighted by atomic mass is 9.99. The Morgan fingerprint density at radius 1 is 0.324 bits per heavy atom. The highest BCUT2D eigenvalue weighted by Crippen LogP contribution is 2.40. The third-order valence-corrected chi connectivity index (χ3v) is 23.7. The molecule has 8 N–H and O–H groups in total. The molecule has 4 aromatic carbocycles. The van der Waals surface area contributed by atoms with Gasteiger partial charge in [-0.25, -0.2) is 28.8 Å². The second kappa shape index (κ2) is 59.0. The zero-order valence-corrected chi connectivity index (χ0v) is 86.8. The SMILES string of the molecule is CC(C)(C)OC(=O)N1CCN(C(=O)CO/N=C2/C=C/CC/C=C/CCOC(=O)c3c(O)cc(O)c(Cl)c3C2)CC1.CC(C)(C)OC(=O)N1CCN(C(=O)CO/N=C2\C=C\CC/C=C/CCOC(=O)c3c(O)cc(O)c(Cl)c3C2)CC1.CC1CN(C(=O)CO/N=C2/C=C/CC/C=C/CCOC(=O)c3c(O)cc(O)cc3C2)CC(C)O1.CC1CN(C(=O)CO/N=C2\C=C\CC/C=C/CCOC(=O)c3c(O)cc(O)cc3C2)CC(C)O1. The number of aromatic hydroxyl groups is 8. The topological polar surface area (TPSA) is 512 Å². The summed E-state index contributed by atoms with van der Waals surface area (Å²) in [5, 5.41) is 98.0. The van der Waals surface area contributed by atoms with Gasteiger partial charge in [-0.2, -0.15) is 0 Å². The number of halogens is 2. The molecule has 6 amide bonds. The number of nitrogens with zero attached hydrogens (tertiary/aromatic N) is 10.